The van der Waals surface area contributed by atoms with Crippen LogP contribution in [0.25, 0.3) is 21.8 Å². The number of anilines is 2. The van der Waals surface area contributed by atoms with Crippen molar-refractivity contribution in [3.63, 3.8) is 0 Å². The Kier molecular flexibility index (Phi) is 4.84. The molecule has 0 unspecified atom stereocenters. The first-order chi connectivity index (χ1) is 12.8. The number of hydrogen-bond acceptors (Lipinski definition) is 4. The van der Waals surface area contributed by atoms with Gasteiger partial charge in [0, 0.05) is 17.6 Å². The first-order valence-corrected chi connectivity index (χ1v) is 9.39. The van der Waals surface area contributed by atoms with Gasteiger partial charge in [-0.25, -0.2) is 0 Å². The van der Waals surface area contributed by atoms with Crippen molar-refractivity contribution >= 4 is 40.5 Å². The summed E-state index contributed by atoms with van der Waals surface area (Å²) in [6, 6.07) is 11.9. The van der Waals surface area contributed by atoms with Crippen LogP contribution in [0.5, 0.6) is 0 Å². The lowest BCUT2D eigenvalue weighted by atomic mass is 9.69. The van der Waals surface area contributed by atoms with Crippen LogP contribution in [0.3, 0.4) is 0 Å². The van der Waals surface area contributed by atoms with Crippen molar-refractivity contribution in [1.29, 1.82) is 0 Å². The lowest BCUT2D eigenvalue weighted by Gasteiger charge is -2.13. The van der Waals surface area contributed by atoms with E-state index in [9.17, 15) is 4.79 Å². The fourth-order valence-electron chi connectivity index (χ4n) is 3.75. The molecule has 0 amide bonds. The van der Waals surface area contributed by atoms with Gasteiger partial charge in [0.2, 0.25) is 0 Å². The van der Waals surface area contributed by atoms with Gasteiger partial charge in [-0.3, -0.25) is 4.79 Å². The SMILES string of the molecule is NCCC[B]CCCNc1ccc2c3c1c(=O)c1ccccc1n3CN2. The van der Waals surface area contributed by atoms with Gasteiger partial charge in [0.05, 0.1) is 28.8 Å². The van der Waals surface area contributed by atoms with E-state index in [1.54, 1.807) is 0 Å². The summed E-state index contributed by atoms with van der Waals surface area (Å²) in [6.45, 7) is 2.31. The van der Waals surface area contributed by atoms with Crippen molar-refractivity contribution in [2.24, 2.45) is 5.73 Å². The number of hydrogen-bond donors (Lipinski definition) is 3. The number of rotatable bonds is 8. The van der Waals surface area contributed by atoms with E-state index >= 15 is 0 Å². The average Bonchev–Trinajstić information content (AvgIpc) is 3.10. The largest absolute Gasteiger partial charge is 0.384 e. The molecule has 1 aliphatic heterocycles. The van der Waals surface area contributed by atoms with E-state index < -0.39 is 0 Å². The minimum atomic E-state index is 0.106. The second-order valence-electron chi connectivity index (χ2n) is 6.78. The molecule has 2 heterocycles. The molecule has 0 saturated heterocycles. The number of aromatic nitrogens is 1. The Morgan fingerprint density at radius 2 is 2.00 bits per heavy atom. The van der Waals surface area contributed by atoms with Gasteiger partial charge in [0.25, 0.3) is 0 Å². The molecule has 133 valence electrons. The molecule has 4 N–H and O–H groups in total. The zero-order valence-electron chi connectivity index (χ0n) is 14.9. The summed E-state index contributed by atoms with van der Waals surface area (Å²) < 4.78 is 2.20. The highest BCUT2D eigenvalue weighted by Gasteiger charge is 2.20. The highest BCUT2D eigenvalue weighted by atomic mass is 16.1. The van der Waals surface area contributed by atoms with Crippen LogP contribution in [-0.2, 0) is 6.67 Å². The Balaban J connectivity index is 1.63. The number of benzene rings is 2. The van der Waals surface area contributed by atoms with E-state index in [-0.39, 0.29) is 5.43 Å². The molecule has 26 heavy (non-hydrogen) atoms. The van der Waals surface area contributed by atoms with Crippen LogP contribution in [-0.4, -0.2) is 24.9 Å². The molecule has 2 aromatic carbocycles. The van der Waals surface area contributed by atoms with Crippen molar-refractivity contribution in [3.8, 4) is 0 Å². The zero-order chi connectivity index (χ0) is 17.9. The van der Waals surface area contributed by atoms with Gasteiger partial charge in [0.15, 0.2) is 5.43 Å². The first kappa shape index (κ1) is 17.0. The predicted octanol–water partition coefficient (Wildman–Crippen LogP) is 3.23. The second-order valence-corrected chi connectivity index (χ2v) is 6.78. The molecule has 4 rings (SSSR count). The van der Waals surface area contributed by atoms with Crippen LogP contribution < -0.4 is 21.8 Å². The minimum Gasteiger partial charge on any atom is -0.384 e. The molecule has 0 fully saturated rings. The van der Waals surface area contributed by atoms with E-state index in [2.05, 4.69) is 28.5 Å². The van der Waals surface area contributed by atoms with E-state index in [4.69, 9.17) is 5.73 Å². The standard InChI is InChI=1S/C20H24BN4O/c22-11-3-9-21-10-4-12-23-15-7-8-16-19-18(15)20(26)14-5-1-2-6-17(14)25(19)13-24-16/h1-2,5-8,23-24H,3-4,9-13,22H2. The maximum absolute atomic E-state index is 13.1. The molecule has 0 spiro atoms. The smallest absolute Gasteiger partial charge is 0.199 e. The van der Waals surface area contributed by atoms with Gasteiger partial charge in [-0.15, -0.1) is 0 Å². The van der Waals surface area contributed by atoms with Gasteiger partial charge in [-0.2, -0.15) is 0 Å². The van der Waals surface area contributed by atoms with E-state index in [0.29, 0.717) is 6.67 Å². The first-order valence-electron chi connectivity index (χ1n) is 9.39. The molecule has 5 nitrogen and oxygen atoms in total. The lowest BCUT2D eigenvalue weighted by Crippen LogP contribution is -2.12. The second kappa shape index (κ2) is 7.42. The van der Waals surface area contributed by atoms with E-state index in [0.717, 1.165) is 71.8 Å². The zero-order valence-corrected chi connectivity index (χ0v) is 14.9. The molecular formula is C20H24BN4O. The lowest BCUT2D eigenvalue weighted by molar-refractivity contribution is 0.873. The number of para-hydroxylation sites is 1. The summed E-state index contributed by atoms with van der Waals surface area (Å²) in [5.41, 5.74) is 9.58. The van der Waals surface area contributed by atoms with Gasteiger partial charge >= 0.3 is 0 Å². The Hall–Kier alpha value is -2.47. The van der Waals surface area contributed by atoms with Gasteiger partial charge in [-0.05, 0) is 43.7 Å². The summed E-state index contributed by atoms with van der Waals surface area (Å²) in [5, 5.41) is 8.44. The summed E-state index contributed by atoms with van der Waals surface area (Å²) >= 11 is 0. The number of nitrogens with one attached hydrogen (secondary N) is 2. The normalized spacial score (nSPS) is 12.5. The topological polar surface area (TPSA) is 72.1 Å². The Bertz CT molecular complexity index is 998. The van der Waals surface area contributed by atoms with E-state index in [1.807, 2.05) is 30.3 Å². The Labute approximate surface area is 153 Å². The molecule has 1 radical (unpaired) electrons. The quantitative estimate of drug-likeness (QED) is 0.332. The highest BCUT2D eigenvalue weighted by molar-refractivity contribution is 6.35. The minimum absolute atomic E-state index is 0.106. The summed E-state index contributed by atoms with van der Waals surface area (Å²) in [7, 11) is 2.30. The van der Waals surface area contributed by atoms with Crippen LogP contribution in [0.2, 0.25) is 12.6 Å². The van der Waals surface area contributed by atoms with Gasteiger partial charge in [-0.1, -0.05) is 24.8 Å². The van der Waals surface area contributed by atoms with Crippen LogP contribution >= 0.6 is 0 Å². The predicted molar refractivity (Wildman–Crippen MR) is 111 cm³/mol. The molecule has 0 bridgehead atoms. The van der Waals surface area contributed by atoms with Crippen molar-refractivity contribution in [2.45, 2.75) is 32.2 Å². The fraction of sp³-hybridized carbons (Fsp3) is 0.350. The van der Waals surface area contributed by atoms with Crippen molar-refractivity contribution in [2.75, 3.05) is 23.7 Å². The summed E-state index contributed by atoms with van der Waals surface area (Å²) in [4.78, 5) is 13.1. The molecule has 0 saturated carbocycles. The maximum Gasteiger partial charge on any atom is 0.199 e. The third kappa shape index (κ3) is 2.94. The molecule has 3 aromatic rings. The number of nitrogens with two attached hydrogens (primary N) is 1. The summed E-state index contributed by atoms with van der Waals surface area (Å²) in [5.74, 6) is 0. The molecule has 0 aliphatic carbocycles. The van der Waals surface area contributed by atoms with Gasteiger partial charge < -0.3 is 20.9 Å². The van der Waals surface area contributed by atoms with Crippen molar-refractivity contribution in [3.05, 3.63) is 46.6 Å². The Morgan fingerprint density at radius 3 is 2.88 bits per heavy atom. The fourth-order valence-corrected chi connectivity index (χ4v) is 3.75. The van der Waals surface area contributed by atoms with Crippen molar-refractivity contribution < 1.29 is 0 Å². The van der Waals surface area contributed by atoms with Crippen LogP contribution in [0.1, 0.15) is 12.8 Å². The number of fused-ring (bicyclic) bond motifs is 2. The Morgan fingerprint density at radius 1 is 1.15 bits per heavy atom. The molecular weight excluding hydrogens is 323 g/mol. The number of nitrogens with zero attached hydrogens (tertiary/aromatic N) is 1. The highest BCUT2D eigenvalue weighted by Crippen LogP contribution is 2.34. The van der Waals surface area contributed by atoms with Crippen LogP contribution in [0, 0.1) is 0 Å². The number of pyridine rings is 1. The molecule has 0 atom stereocenters. The van der Waals surface area contributed by atoms with Crippen LogP contribution in [0.15, 0.2) is 41.2 Å². The summed E-state index contributed by atoms with van der Waals surface area (Å²) in [6.07, 6.45) is 4.25. The third-order valence-electron chi connectivity index (χ3n) is 5.05. The average molecular weight is 347 g/mol. The molecule has 6 heteroatoms. The van der Waals surface area contributed by atoms with Crippen LogP contribution in [0.4, 0.5) is 11.4 Å². The molecule has 1 aromatic heterocycles. The maximum atomic E-state index is 13.1. The van der Waals surface area contributed by atoms with Gasteiger partial charge in [0.1, 0.15) is 7.28 Å². The van der Waals surface area contributed by atoms with Crippen molar-refractivity contribution in [1.82, 2.24) is 4.57 Å². The van der Waals surface area contributed by atoms with E-state index in [1.165, 1.54) is 0 Å². The molecule has 1 aliphatic rings. The monoisotopic (exact) mass is 347 g/mol. The third-order valence-corrected chi connectivity index (χ3v) is 5.05.